The summed E-state index contributed by atoms with van der Waals surface area (Å²) in [6, 6.07) is 15.1. The Morgan fingerprint density at radius 1 is 1.06 bits per heavy atom. The van der Waals surface area contributed by atoms with Crippen molar-refractivity contribution in [1.82, 2.24) is 5.32 Å². The molecule has 0 atom stereocenters. The SMILES string of the molecule is Cc1ccccc1CCNc1ccc2c(c1)CNCCCCCCCN2C(=O)C(C)C. The summed E-state index contributed by atoms with van der Waals surface area (Å²) in [5.41, 5.74) is 6.12. The number of carbonyl (C=O) groups is 1. The molecule has 0 saturated carbocycles. The van der Waals surface area contributed by atoms with Gasteiger partial charge >= 0.3 is 0 Å². The van der Waals surface area contributed by atoms with E-state index in [1.165, 1.54) is 42.4 Å². The fourth-order valence-electron chi connectivity index (χ4n) is 4.27. The molecular formula is C27H39N3O. The summed E-state index contributed by atoms with van der Waals surface area (Å²) in [5.74, 6) is 0.221. The van der Waals surface area contributed by atoms with E-state index in [-0.39, 0.29) is 11.8 Å². The number of nitrogens with one attached hydrogen (secondary N) is 2. The van der Waals surface area contributed by atoms with Gasteiger partial charge in [-0.2, -0.15) is 0 Å². The van der Waals surface area contributed by atoms with E-state index >= 15 is 0 Å². The maximum absolute atomic E-state index is 13.0. The highest BCUT2D eigenvalue weighted by molar-refractivity contribution is 5.95. The molecule has 4 nitrogen and oxygen atoms in total. The lowest BCUT2D eigenvalue weighted by atomic mass is 10.0. The highest BCUT2D eigenvalue weighted by Crippen LogP contribution is 2.27. The van der Waals surface area contributed by atoms with E-state index in [0.717, 1.165) is 50.4 Å². The van der Waals surface area contributed by atoms with Crippen LogP contribution in [0.25, 0.3) is 0 Å². The van der Waals surface area contributed by atoms with Gasteiger partial charge in [0.15, 0.2) is 0 Å². The Hall–Kier alpha value is -2.33. The molecule has 4 heteroatoms. The third-order valence-corrected chi connectivity index (χ3v) is 6.17. The molecule has 0 saturated heterocycles. The quantitative estimate of drug-likeness (QED) is 0.652. The van der Waals surface area contributed by atoms with Crippen molar-refractivity contribution in [2.45, 2.75) is 65.8 Å². The third-order valence-electron chi connectivity index (χ3n) is 6.17. The van der Waals surface area contributed by atoms with Gasteiger partial charge in [0.1, 0.15) is 0 Å². The highest BCUT2D eigenvalue weighted by atomic mass is 16.2. The Morgan fingerprint density at radius 2 is 1.84 bits per heavy atom. The number of hydrogen-bond donors (Lipinski definition) is 2. The van der Waals surface area contributed by atoms with E-state index in [9.17, 15) is 4.79 Å². The maximum Gasteiger partial charge on any atom is 0.229 e. The minimum Gasteiger partial charge on any atom is -0.385 e. The Morgan fingerprint density at radius 3 is 2.65 bits per heavy atom. The lowest BCUT2D eigenvalue weighted by molar-refractivity contribution is -0.121. The Labute approximate surface area is 188 Å². The van der Waals surface area contributed by atoms with Gasteiger partial charge in [-0.15, -0.1) is 0 Å². The number of hydrogen-bond acceptors (Lipinski definition) is 3. The summed E-state index contributed by atoms with van der Waals surface area (Å²) in [4.78, 5) is 15.0. The molecule has 1 amide bonds. The molecule has 31 heavy (non-hydrogen) atoms. The standard InChI is InChI=1S/C27H39N3O/c1-21(2)27(31)30-18-10-6-4-5-9-16-28-20-24-19-25(13-14-26(24)30)29-17-15-23-12-8-7-11-22(23)3/h7-8,11-14,19,21,28-29H,4-6,9-10,15-18,20H2,1-3H3. The maximum atomic E-state index is 13.0. The predicted octanol–water partition coefficient (Wildman–Crippen LogP) is 5.69. The van der Waals surface area contributed by atoms with Gasteiger partial charge in [-0.1, -0.05) is 57.4 Å². The number of fused-ring (bicyclic) bond motifs is 1. The molecule has 2 aromatic rings. The Bertz CT molecular complexity index is 846. The van der Waals surface area contributed by atoms with Gasteiger partial charge in [-0.3, -0.25) is 4.79 Å². The highest BCUT2D eigenvalue weighted by Gasteiger charge is 2.21. The van der Waals surface area contributed by atoms with Gasteiger partial charge in [0.25, 0.3) is 0 Å². The van der Waals surface area contributed by atoms with Crippen molar-refractivity contribution in [1.29, 1.82) is 0 Å². The smallest absolute Gasteiger partial charge is 0.229 e. The third kappa shape index (κ3) is 6.83. The van der Waals surface area contributed by atoms with E-state index in [4.69, 9.17) is 0 Å². The van der Waals surface area contributed by atoms with Crippen molar-refractivity contribution in [3.63, 3.8) is 0 Å². The van der Waals surface area contributed by atoms with E-state index in [2.05, 4.69) is 60.0 Å². The topological polar surface area (TPSA) is 44.4 Å². The first kappa shape index (κ1) is 23.3. The van der Waals surface area contributed by atoms with Gasteiger partial charge in [0.2, 0.25) is 5.91 Å². The molecule has 2 aromatic carbocycles. The molecule has 3 rings (SSSR count). The Kier molecular flexibility index (Phi) is 8.96. The van der Waals surface area contributed by atoms with E-state index in [1.54, 1.807) is 0 Å². The fraction of sp³-hybridized carbons (Fsp3) is 0.519. The molecule has 0 bridgehead atoms. The molecule has 1 aliphatic heterocycles. The van der Waals surface area contributed by atoms with Crippen molar-refractivity contribution in [2.24, 2.45) is 5.92 Å². The minimum atomic E-state index is 0.000582. The number of aryl methyl sites for hydroxylation is 1. The van der Waals surface area contributed by atoms with Crippen LogP contribution in [0.15, 0.2) is 42.5 Å². The first-order valence-electron chi connectivity index (χ1n) is 12.0. The van der Waals surface area contributed by atoms with Crippen LogP contribution in [0.1, 0.15) is 62.6 Å². The minimum absolute atomic E-state index is 0.000582. The first-order chi connectivity index (χ1) is 15.1. The van der Waals surface area contributed by atoms with Crippen molar-refractivity contribution in [2.75, 3.05) is 29.9 Å². The van der Waals surface area contributed by atoms with Gasteiger partial charge in [0, 0.05) is 36.9 Å². The number of nitrogens with zero attached hydrogens (tertiary/aromatic N) is 1. The second kappa shape index (κ2) is 11.9. The zero-order valence-electron chi connectivity index (χ0n) is 19.5. The normalized spacial score (nSPS) is 15.7. The van der Waals surface area contributed by atoms with Crippen LogP contribution in [0.2, 0.25) is 0 Å². The zero-order chi connectivity index (χ0) is 22.1. The van der Waals surface area contributed by atoms with Crippen LogP contribution in [0.3, 0.4) is 0 Å². The van der Waals surface area contributed by atoms with E-state index < -0.39 is 0 Å². The number of carbonyl (C=O) groups excluding carboxylic acids is 1. The van der Waals surface area contributed by atoms with Crippen LogP contribution in [0.5, 0.6) is 0 Å². The van der Waals surface area contributed by atoms with Crippen molar-refractivity contribution in [3.8, 4) is 0 Å². The molecule has 0 aliphatic carbocycles. The summed E-state index contributed by atoms with van der Waals surface area (Å²) in [7, 11) is 0. The fourth-order valence-corrected chi connectivity index (χ4v) is 4.27. The summed E-state index contributed by atoms with van der Waals surface area (Å²) < 4.78 is 0. The largest absolute Gasteiger partial charge is 0.385 e. The van der Waals surface area contributed by atoms with Crippen molar-refractivity contribution in [3.05, 3.63) is 59.2 Å². The molecular weight excluding hydrogens is 382 g/mol. The number of rotatable bonds is 5. The summed E-state index contributed by atoms with van der Waals surface area (Å²) in [6.07, 6.45) is 7.00. The number of benzene rings is 2. The molecule has 1 aliphatic rings. The second-order valence-corrected chi connectivity index (χ2v) is 9.04. The lowest BCUT2D eigenvalue weighted by Gasteiger charge is -2.28. The monoisotopic (exact) mass is 421 g/mol. The van der Waals surface area contributed by atoms with Crippen LogP contribution >= 0.6 is 0 Å². The van der Waals surface area contributed by atoms with Gasteiger partial charge < -0.3 is 15.5 Å². The molecule has 168 valence electrons. The lowest BCUT2D eigenvalue weighted by Crippen LogP contribution is -2.36. The first-order valence-corrected chi connectivity index (χ1v) is 12.0. The molecule has 0 radical (unpaired) electrons. The summed E-state index contributed by atoms with van der Waals surface area (Å²) >= 11 is 0. The number of amides is 1. The van der Waals surface area contributed by atoms with E-state index in [0.29, 0.717) is 0 Å². The van der Waals surface area contributed by atoms with Crippen LogP contribution in [0, 0.1) is 12.8 Å². The molecule has 1 heterocycles. The van der Waals surface area contributed by atoms with Crippen molar-refractivity contribution >= 4 is 17.3 Å². The molecule has 0 aromatic heterocycles. The van der Waals surface area contributed by atoms with Crippen LogP contribution < -0.4 is 15.5 Å². The molecule has 0 fully saturated rings. The van der Waals surface area contributed by atoms with Gasteiger partial charge in [0.05, 0.1) is 0 Å². The summed E-state index contributed by atoms with van der Waals surface area (Å²) in [5, 5.41) is 7.19. The molecule has 0 unspecified atom stereocenters. The van der Waals surface area contributed by atoms with Gasteiger partial charge in [-0.05, 0) is 67.6 Å². The predicted molar refractivity (Wildman–Crippen MR) is 132 cm³/mol. The number of anilines is 2. The Balaban J connectivity index is 1.77. The van der Waals surface area contributed by atoms with E-state index in [1.807, 2.05) is 18.7 Å². The second-order valence-electron chi connectivity index (χ2n) is 9.04. The van der Waals surface area contributed by atoms with Gasteiger partial charge in [-0.25, -0.2) is 0 Å². The zero-order valence-corrected chi connectivity index (χ0v) is 19.5. The van der Waals surface area contributed by atoms with Crippen LogP contribution in [0.4, 0.5) is 11.4 Å². The molecule has 2 N–H and O–H groups in total. The van der Waals surface area contributed by atoms with Crippen LogP contribution in [-0.2, 0) is 17.8 Å². The molecule has 0 spiro atoms. The average Bonchev–Trinajstić information content (AvgIpc) is 2.75. The van der Waals surface area contributed by atoms with Crippen LogP contribution in [-0.4, -0.2) is 25.5 Å². The van der Waals surface area contributed by atoms with Crippen molar-refractivity contribution < 1.29 is 4.79 Å². The average molecular weight is 422 g/mol. The summed E-state index contributed by atoms with van der Waals surface area (Å²) in [6.45, 7) is 9.70.